The van der Waals surface area contributed by atoms with Gasteiger partial charge in [0.25, 0.3) is 0 Å². The van der Waals surface area contributed by atoms with E-state index < -0.39 is 0 Å². The summed E-state index contributed by atoms with van der Waals surface area (Å²) in [6, 6.07) is 22.4. The van der Waals surface area contributed by atoms with E-state index in [1.807, 2.05) is 48.5 Å². The van der Waals surface area contributed by atoms with Crippen molar-refractivity contribution in [2.24, 2.45) is 0 Å². The van der Waals surface area contributed by atoms with Gasteiger partial charge in [-0.05, 0) is 18.2 Å². The van der Waals surface area contributed by atoms with Crippen LogP contribution in [0.5, 0.6) is 11.5 Å². The number of nitrogens with one attached hydrogen (secondary N) is 2. The Bertz CT molecular complexity index is 911. The van der Waals surface area contributed by atoms with Crippen molar-refractivity contribution in [1.29, 1.82) is 0 Å². The summed E-state index contributed by atoms with van der Waals surface area (Å²) in [4.78, 5) is 13.0. The molecular formula is C21H18N2O3. The van der Waals surface area contributed by atoms with E-state index in [0.29, 0.717) is 41.5 Å². The fourth-order valence-electron chi connectivity index (χ4n) is 2.79. The second-order valence-corrected chi connectivity index (χ2v) is 5.85. The number of ether oxygens (including phenoxy) is 2. The fraction of sp³-hybridized carbons (Fsp3) is 0.0952. The summed E-state index contributed by atoms with van der Waals surface area (Å²) in [5.74, 6) is 1.12. The first-order valence-corrected chi connectivity index (χ1v) is 8.42. The van der Waals surface area contributed by atoms with E-state index in [9.17, 15) is 4.79 Å². The van der Waals surface area contributed by atoms with Crippen molar-refractivity contribution >= 4 is 17.2 Å². The van der Waals surface area contributed by atoms with Crippen LogP contribution >= 0.6 is 0 Å². The lowest BCUT2D eigenvalue weighted by atomic mass is 10.0. The van der Waals surface area contributed by atoms with Gasteiger partial charge in [-0.1, -0.05) is 48.5 Å². The third kappa shape index (κ3) is 3.32. The van der Waals surface area contributed by atoms with Crippen LogP contribution in [-0.2, 0) is 0 Å². The molecule has 1 heterocycles. The normalized spacial score (nSPS) is 12.3. The number of fused-ring (bicyclic) bond motifs is 1. The molecule has 0 amide bonds. The monoisotopic (exact) mass is 346 g/mol. The maximum atomic E-state index is 13.0. The van der Waals surface area contributed by atoms with E-state index in [4.69, 9.17) is 9.47 Å². The van der Waals surface area contributed by atoms with Crippen molar-refractivity contribution in [1.82, 2.24) is 0 Å². The Morgan fingerprint density at radius 1 is 0.769 bits per heavy atom. The zero-order valence-corrected chi connectivity index (χ0v) is 14.1. The van der Waals surface area contributed by atoms with Gasteiger partial charge in [-0.15, -0.1) is 0 Å². The van der Waals surface area contributed by atoms with E-state index in [0.717, 1.165) is 5.69 Å². The smallest absolute Gasteiger partial charge is 0.195 e. The number of anilines is 2. The largest absolute Gasteiger partial charge is 0.486 e. The molecule has 0 saturated heterocycles. The van der Waals surface area contributed by atoms with Crippen LogP contribution in [-0.4, -0.2) is 19.0 Å². The first-order valence-electron chi connectivity index (χ1n) is 8.42. The van der Waals surface area contributed by atoms with Gasteiger partial charge in [0.15, 0.2) is 17.3 Å². The quantitative estimate of drug-likeness (QED) is 0.537. The Hall–Kier alpha value is -3.47. The molecule has 1 aliphatic rings. The third-order valence-corrected chi connectivity index (χ3v) is 4.08. The minimum Gasteiger partial charge on any atom is -0.486 e. The standard InChI is InChI=1S/C21H18N2O3/c24-21(15-7-3-1-4-8-15)17-13-19-20(26-12-11-25-19)14-18(17)23-22-16-9-5-2-6-10-16/h1-10,13-14,22-23H,11-12H2. The van der Waals surface area contributed by atoms with E-state index in [1.165, 1.54) is 0 Å². The van der Waals surface area contributed by atoms with Crippen LogP contribution in [0.3, 0.4) is 0 Å². The van der Waals surface area contributed by atoms with Gasteiger partial charge >= 0.3 is 0 Å². The lowest BCUT2D eigenvalue weighted by Crippen LogP contribution is -2.18. The van der Waals surface area contributed by atoms with Crippen LogP contribution in [0, 0.1) is 0 Å². The maximum absolute atomic E-state index is 13.0. The van der Waals surface area contributed by atoms with Crippen molar-refractivity contribution in [3.05, 3.63) is 83.9 Å². The van der Waals surface area contributed by atoms with Crippen LogP contribution in [0.25, 0.3) is 0 Å². The summed E-state index contributed by atoms with van der Waals surface area (Å²) in [6.45, 7) is 0.964. The van der Waals surface area contributed by atoms with Crippen LogP contribution in [0.2, 0.25) is 0 Å². The number of hydrogen-bond donors (Lipinski definition) is 2. The van der Waals surface area contributed by atoms with Crippen LogP contribution in [0.4, 0.5) is 11.4 Å². The number of hydrazine groups is 1. The molecule has 5 heteroatoms. The molecule has 0 saturated carbocycles. The number of para-hydroxylation sites is 1. The molecule has 0 aliphatic carbocycles. The number of carbonyl (C=O) groups is 1. The Labute approximate surface area is 151 Å². The van der Waals surface area contributed by atoms with Crippen molar-refractivity contribution in [2.45, 2.75) is 0 Å². The van der Waals surface area contributed by atoms with Gasteiger partial charge in [-0.3, -0.25) is 4.79 Å². The van der Waals surface area contributed by atoms with Crippen LogP contribution in [0.1, 0.15) is 15.9 Å². The van der Waals surface area contributed by atoms with Gasteiger partial charge in [0.1, 0.15) is 13.2 Å². The van der Waals surface area contributed by atoms with Crippen LogP contribution in [0.15, 0.2) is 72.8 Å². The predicted octanol–water partition coefficient (Wildman–Crippen LogP) is 4.13. The van der Waals surface area contributed by atoms with Crippen molar-refractivity contribution < 1.29 is 14.3 Å². The first kappa shape index (κ1) is 16.0. The van der Waals surface area contributed by atoms with E-state index in [1.54, 1.807) is 24.3 Å². The Morgan fingerprint density at radius 2 is 1.38 bits per heavy atom. The molecule has 3 aromatic carbocycles. The zero-order valence-electron chi connectivity index (χ0n) is 14.1. The first-order chi connectivity index (χ1) is 12.8. The molecule has 0 aromatic heterocycles. The molecule has 130 valence electrons. The van der Waals surface area contributed by atoms with E-state index in [2.05, 4.69) is 10.9 Å². The average molecular weight is 346 g/mol. The second-order valence-electron chi connectivity index (χ2n) is 5.85. The highest BCUT2D eigenvalue weighted by atomic mass is 16.6. The SMILES string of the molecule is O=C(c1ccccc1)c1cc2c(cc1NNc1ccccc1)OCCO2. The van der Waals surface area contributed by atoms with Gasteiger partial charge in [0.05, 0.1) is 16.9 Å². The molecular weight excluding hydrogens is 328 g/mol. The van der Waals surface area contributed by atoms with Gasteiger partial charge < -0.3 is 20.3 Å². The molecule has 0 unspecified atom stereocenters. The molecule has 4 rings (SSSR count). The highest BCUT2D eigenvalue weighted by Crippen LogP contribution is 2.36. The lowest BCUT2D eigenvalue weighted by Gasteiger charge is -2.22. The maximum Gasteiger partial charge on any atom is 0.195 e. The van der Waals surface area contributed by atoms with Gasteiger partial charge in [0.2, 0.25) is 0 Å². The second kappa shape index (κ2) is 7.19. The highest BCUT2D eigenvalue weighted by molar-refractivity contribution is 6.12. The Balaban J connectivity index is 1.69. The van der Waals surface area contributed by atoms with Crippen LogP contribution < -0.4 is 20.3 Å². The highest BCUT2D eigenvalue weighted by Gasteiger charge is 2.20. The minimum atomic E-state index is -0.0834. The molecule has 0 fully saturated rings. The Morgan fingerprint density at radius 3 is 2.08 bits per heavy atom. The summed E-state index contributed by atoms with van der Waals surface area (Å²) >= 11 is 0. The summed E-state index contributed by atoms with van der Waals surface area (Å²) in [6.07, 6.45) is 0. The zero-order chi connectivity index (χ0) is 17.8. The molecule has 0 atom stereocenters. The lowest BCUT2D eigenvalue weighted by molar-refractivity contribution is 0.103. The van der Waals surface area contributed by atoms with Crippen molar-refractivity contribution in [3.63, 3.8) is 0 Å². The van der Waals surface area contributed by atoms with Gasteiger partial charge in [-0.2, -0.15) is 0 Å². The number of rotatable bonds is 5. The number of benzene rings is 3. The molecule has 0 radical (unpaired) electrons. The summed E-state index contributed by atoms with van der Waals surface area (Å²) < 4.78 is 11.3. The van der Waals surface area contributed by atoms with E-state index >= 15 is 0 Å². The molecule has 3 aromatic rings. The number of ketones is 1. The third-order valence-electron chi connectivity index (χ3n) is 4.08. The summed E-state index contributed by atoms with van der Waals surface area (Å²) in [5.41, 5.74) is 8.90. The summed E-state index contributed by atoms with van der Waals surface area (Å²) in [7, 11) is 0. The molecule has 0 spiro atoms. The average Bonchev–Trinajstić information content (AvgIpc) is 2.72. The molecule has 26 heavy (non-hydrogen) atoms. The van der Waals surface area contributed by atoms with E-state index in [-0.39, 0.29) is 5.78 Å². The van der Waals surface area contributed by atoms with Crippen molar-refractivity contribution in [2.75, 3.05) is 24.1 Å². The molecule has 2 N–H and O–H groups in total. The number of hydrogen-bond acceptors (Lipinski definition) is 5. The molecule has 1 aliphatic heterocycles. The van der Waals surface area contributed by atoms with Gasteiger partial charge in [-0.25, -0.2) is 0 Å². The summed E-state index contributed by atoms with van der Waals surface area (Å²) in [5, 5.41) is 0. The fourth-order valence-corrected chi connectivity index (χ4v) is 2.79. The predicted molar refractivity (Wildman–Crippen MR) is 101 cm³/mol. The number of carbonyl (C=O) groups excluding carboxylic acids is 1. The molecule has 5 nitrogen and oxygen atoms in total. The minimum absolute atomic E-state index is 0.0834. The van der Waals surface area contributed by atoms with Crippen molar-refractivity contribution in [3.8, 4) is 11.5 Å². The molecule has 0 bridgehead atoms. The van der Waals surface area contributed by atoms with Gasteiger partial charge in [0, 0.05) is 11.6 Å². The topological polar surface area (TPSA) is 59.6 Å². The Kier molecular flexibility index (Phi) is 4.43.